The number of carbonyl (C=O) groups is 4. The van der Waals surface area contributed by atoms with E-state index in [1.807, 2.05) is 51.1 Å². The van der Waals surface area contributed by atoms with Gasteiger partial charge in [0.05, 0.1) is 11.8 Å². The molecule has 2 aromatic carbocycles. The van der Waals surface area contributed by atoms with Crippen LogP contribution in [0, 0.1) is 29.1 Å². The highest BCUT2D eigenvalue weighted by molar-refractivity contribution is 8.76. The molecule has 0 radical (unpaired) electrons. The van der Waals surface area contributed by atoms with E-state index >= 15 is 0 Å². The Labute approximate surface area is 388 Å². The molecule has 11 nitrogen and oxygen atoms in total. The molecule has 8 atom stereocenters. The molecular formula is C51H70O11S2. The molecule has 3 aliphatic rings. The Kier molecular flexibility index (Phi) is 19.4. The number of esters is 2. The summed E-state index contributed by atoms with van der Waals surface area (Å²) in [5, 5.41) is 0. The maximum Gasteiger partial charge on any atom is 0.508 e. The molecule has 13 heteroatoms. The number of hydrogen-bond acceptors (Lipinski definition) is 13. The molecule has 1 saturated heterocycles. The molecule has 2 unspecified atom stereocenters. The average molecular weight is 923 g/mol. The van der Waals surface area contributed by atoms with Crippen LogP contribution < -0.4 is 4.74 Å². The molecule has 64 heavy (non-hydrogen) atoms. The van der Waals surface area contributed by atoms with Crippen molar-refractivity contribution in [3.63, 3.8) is 0 Å². The summed E-state index contributed by atoms with van der Waals surface area (Å²) < 4.78 is 39.9. The molecule has 0 N–H and O–H groups in total. The van der Waals surface area contributed by atoms with Crippen LogP contribution in [0.5, 0.6) is 5.75 Å². The Morgan fingerprint density at radius 2 is 1.55 bits per heavy atom. The highest BCUT2D eigenvalue weighted by Crippen LogP contribution is 2.46. The van der Waals surface area contributed by atoms with Crippen molar-refractivity contribution in [1.82, 2.24) is 0 Å². The minimum absolute atomic E-state index is 0.0217. The fourth-order valence-corrected chi connectivity index (χ4v) is 9.96. The molecule has 1 fully saturated rings. The number of fused-ring (bicyclic) bond motifs is 1. The topological polar surface area (TPSA) is 133 Å². The first-order chi connectivity index (χ1) is 30.5. The second-order valence-electron chi connectivity index (χ2n) is 19.0. The molecular weight excluding hydrogens is 853 g/mol. The van der Waals surface area contributed by atoms with Crippen molar-refractivity contribution in [1.29, 1.82) is 0 Å². The SMILES string of the molecule is CCC(C)(C)C(=O)O[C@H]1C[C@@H](C)C=C2C=C[C@H](C)C(CC[C@@H]3C[C@@H](OC(=O)OCCSSCCOC(=O)OC(CCc4ccc(C(C)(C)C)cc4)COc4ccccc4)CC(=O)O3)[C@H]21. The molecule has 1 heterocycles. The Morgan fingerprint density at radius 3 is 2.22 bits per heavy atom. The van der Waals surface area contributed by atoms with Gasteiger partial charge in [-0.2, -0.15) is 0 Å². The van der Waals surface area contributed by atoms with E-state index in [2.05, 4.69) is 77.1 Å². The molecule has 0 saturated carbocycles. The standard InChI is InChI=1S/C51H70O11S2/c1-9-51(7,8)47(53)62-44-30-34(2)29-37-19-15-35(3)43(46(37)44)24-23-40-31-42(32-45(52)59-40)61-49(55)57-26-28-64-63-27-25-56-48(54)60-41(33-58-39-13-11-10-12-14-39)22-18-36-16-20-38(21-17-36)50(4,5)6/h10-17,19-21,29,34-35,40-44,46H,9,18,22-28,30-33H2,1-8H3/t34-,35-,40+,41?,42+,43?,44-,46-/m0/s1. The zero-order chi connectivity index (χ0) is 46.3. The number of para-hydroxylation sites is 1. The third-order valence-electron chi connectivity index (χ3n) is 12.5. The summed E-state index contributed by atoms with van der Waals surface area (Å²) in [6.07, 6.45) is 7.89. The van der Waals surface area contributed by atoms with Crippen LogP contribution in [0.1, 0.15) is 111 Å². The van der Waals surface area contributed by atoms with Crippen LogP contribution in [0.4, 0.5) is 9.59 Å². The minimum Gasteiger partial charge on any atom is -0.490 e. The summed E-state index contributed by atoms with van der Waals surface area (Å²) in [5.41, 5.74) is 3.14. The Morgan fingerprint density at radius 1 is 0.859 bits per heavy atom. The molecule has 2 aliphatic carbocycles. The number of benzene rings is 2. The summed E-state index contributed by atoms with van der Waals surface area (Å²) in [7, 11) is 2.96. The Balaban J connectivity index is 0.981. The van der Waals surface area contributed by atoms with Gasteiger partial charge in [0.1, 0.15) is 50.0 Å². The van der Waals surface area contributed by atoms with Gasteiger partial charge in [-0.3, -0.25) is 9.59 Å². The maximum atomic E-state index is 13.2. The second-order valence-corrected chi connectivity index (χ2v) is 21.7. The van der Waals surface area contributed by atoms with E-state index in [1.165, 1.54) is 32.7 Å². The van der Waals surface area contributed by atoms with Gasteiger partial charge < -0.3 is 33.2 Å². The predicted octanol–water partition coefficient (Wildman–Crippen LogP) is 11.7. The normalized spacial score (nSPS) is 23.7. The molecule has 2 aromatic rings. The van der Waals surface area contributed by atoms with E-state index in [0.717, 1.165) is 18.4 Å². The lowest BCUT2D eigenvalue weighted by atomic mass is 9.65. The molecule has 0 amide bonds. The van der Waals surface area contributed by atoms with Crippen molar-refractivity contribution in [2.45, 2.75) is 137 Å². The maximum absolute atomic E-state index is 13.2. The second kappa shape index (κ2) is 24.4. The molecule has 1 aliphatic heterocycles. The summed E-state index contributed by atoms with van der Waals surface area (Å²) in [4.78, 5) is 51.1. The van der Waals surface area contributed by atoms with Crippen LogP contribution in [-0.2, 0) is 49.8 Å². The van der Waals surface area contributed by atoms with Gasteiger partial charge in [0, 0.05) is 23.8 Å². The van der Waals surface area contributed by atoms with E-state index in [9.17, 15) is 19.2 Å². The first-order valence-corrected chi connectivity index (χ1v) is 25.5. The van der Waals surface area contributed by atoms with Crippen LogP contribution in [0.2, 0.25) is 0 Å². The molecule has 0 aromatic heterocycles. The van der Waals surface area contributed by atoms with E-state index in [0.29, 0.717) is 55.3 Å². The lowest BCUT2D eigenvalue weighted by Crippen LogP contribution is -2.43. The van der Waals surface area contributed by atoms with E-state index in [4.69, 9.17) is 33.2 Å². The highest BCUT2D eigenvalue weighted by atomic mass is 33.1. The largest absolute Gasteiger partial charge is 0.508 e. The Hall–Kier alpha value is -4.10. The lowest BCUT2D eigenvalue weighted by molar-refractivity contribution is -0.166. The van der Waals surface area contributed by atoms with Gasteiger partial charge in [0.15, 0.2) is 0 Å². The first-order valence-electron chi connectivity index (χ1n) is 23.0. The van der Waals surface area contributed by atoms with Crippen molar-refractivity contribution in [3.8, 4) is 5.75 Å². The van der Waals surface area contributed by atoms with Crippen molar-refractivity contribution < 1.29 is 52.3 Å². The van der Waals surface area contributed by atoms with E-state index in [1.54, 1.807) is 0 Å². The number of hydrogen-bond donors (Lipinski definition) is 0. The lowest BCUT2D eigenvalue weighted by Gasteiger charge is -2.44. The van der Waals surface area contributed by atoms with Gasteiger partial charge in [-0.15, -0.1) is 0 Å². The van der Waals surface area contributed by atoms with E-state index < -0.39 is 42.0 Å². The van der Waals surface area contributed by atoms with Gasteiger partial charge >= 0.3 is 24.2 Å². The van der Waals surface area contributed by atoms with E-state index in [-0.39, 0.29) is 61.5 Å². The van der Waals surface area contributed by atoms with Crippen LogP contribution in [0.3, 0.4) is 0 Å². The molecule has 0 bridgehead atoms. The zero-order valence-electron chi connectivity index (χ0n) is 39.0. The number of ether oxygens (including phenoxy) is 7. The minimum atomic E-state index is -0.820. The Bertz CT molecular complexity index is 1870. The highest BCUT2D eigenvalue weighted by Gasteiger charge is 2.43. The number of aryl methyl sites for hydroxylation is 1. The fourth-order valence-electron chi connectivity index (χ4n) is 8.31. The van der Waals surface area contributed by atoms with Gasteiger partial charge in [-0.05, 0) is 104 Å². The van der Waals surface area contributed by atoms with Crippen LogP contribution >= 0.6 is 21.6 Å². The summed E-state index contributed by atoms with van der Waals surface area (Å²) >= 11 is 0. The summed E-state index contributed by atoms with van der Waals surface area (Å²) in [6.45, 7) is 17.2. The van der Waals surface area contributed by atoms with Crippen molar-refractivity contribution in [3.05, 3.63) is 89.5 Å². The predicted molar refractivity (Wildman–Crippen MR) is 252 cm³/mol. The third-order valence-corrected chi connectivity index (χ3v) is 14.8. The smallest absolute Gasteiger partial charge is 0.490 e. The summed E-state index contributed by atoms with van der Waals surface area (Å²) in [6, 6.07) is 18.0. The molecule has 0 spiro atoms. The molecule has 352 valence electrons. The van der Waals surface area contributed by atoms with Gasteiger partial charge in [0.25, 0.3) is 0 Å². The van der Waals surface area contributed by atoms with Crippen LogP contribution in [-0.4, -0.2) is 80.0 Å². The fraction of sp³-hybridized carbons (Fsp3) is 0.608. The van der Waals surface area contributed by atoms with Gasteiger partial charge in [-0.1, -0.05) is 124 Å². The van der Waals surface area contributed by atoms with Crippen molar-refractivity contribution in [2.24, 2.45) is 29.1 Å². The van der Waals surface area contributed by atoms with Crippen molar-refractivity contribution in [2.75, 3.05) is 31.3 Å². The number of allylic oxidation sites excluding steroid dienone is 3. The van der Waals surface area contributed by atoms with Gasteiger partial charge in [0.2, 0.25) is 0 Å². The first kappa shape index (κ1) is 50.9. The molecule has 5 rings (SSSR count). The summed E-state index contributed by atoms with van der Waals surface area (Å²) in [5.74, 6) is 1.95. The van der Waals surface area contributed by atoms with Crippen molar-refractivity contribution >= 4 is 45.8 Å². The quantitative estimate of drug-likeness (QED) is 0.0509. The van der Waals surface area contributed by atoms with Crippen LogP contribution in [0.15, 0.2) is 78.4 Å². The monoisotopic (exact) mass is 922 g/mol. The zero-order valence-corrected chi connectivity index (χ0v) is 40.7. The number of cyclic esters (lactones) is 1. The third kappa shape index (κ3) is 16.1. The average Bonchev–Trinajstić information content (AvgIpc) is 3.25. The number of carbonyl (C=O) groups excluding carboxylic acids is 4. The van der Waals surface area contributed by atoms with Crippen LogP contribution in [0.25, 0.3) is 0 Å². The van der Waals surface area contributed by atoms with Gasteiger partial charge in [-0.25, -0.2) is 9.59 Å². The number of rotatable bonds is 21.